The van der Waals surface area contributed by atoms with Crippen molar-refractivity contribution in [3.8, 4) is 55.6 Å². The zero-order valence-electron chi connectivity index (χ0n) is 29.7. The number of nitrogens with zero attached hydrogens (tertiary/aromatic N) is 4. The highest BCUT2D eigenvalue weighted by atomic mass is 32.1. The number of para-hydroxylation sites is 4. The van der Waals surface area contributed by atoms with Crippen LogP contribution in [0.2, 0.25) is 0 Å². The Morgan fingerprint density at radius 3 is 1.15 bits per heavy atom. The number of hydrogen-bond donors (Lipinski definition) is 0. The van der Waals surface area contributed by atoms with E-state index in [1.807, 2.05) is 135 Å². The summed E-state index contributed by atoms with van der Waals surface area (Å²) >= 11 is 1.57. The Balaban J connectivity index is 0.000000138. The average molecular weight is 735 g/mol. The molecule has 0 N–H and O–H groups in total. The van der Waals surface area contributed by atoms with Gasteiger partial charge in [-0.05, 0) is 121 Å². The zero-order chi connectivity index (χ0) is 36.9. The third-order valence-corrected chi connectivity index (χ3v) is 10.4. The molecule has 0 aliphatic rings. The van der Waals surface area contributed by atoms with Gasteiger partial charge in [-0.15, -0.1) is 11.3 Å². The van der Waals surface area contributed by atoms with Gasteiger partial charge < -0.3 is 17.7 Å². The van der Waals surface area contributed by atoms with Crippen LogP contribution in [-0.2, 0) is 0 Å². The molecular weight excluding hydrogens is 705 g/mol. The Labute approximate surface area is 318 Å². The van der Waals surface area contributed by atoms with Crippen LogP contribution in [0.1, 0.15) is 11.1 Å². The molecule has 0 radical (unpaired) electrons. The zero-order valence-corrected chi connectivity index (χ0v) is 30.5. The predicted octanol–water partition coefficient (Wildman–Crippen LogP) is 13.0. The van der Waals surface area contributed by atoms with E-state index < -0.39 is 0 Å². The number of rotatable bonds is 5. The van der Waals surface area contributed by atoms with Crippen LogP contribution in [0.15, 0.2) is 163 Å². The maximum Gasteiger partial charge on any atom is 0.237 e. The topological polar surface area (TPSA) is 104 Å². The molecule has 6 aromatic carbocycles. The van der Waals surface area contributed by atoms with Crippen molar-refractivity contribution in [2.75, 3.05) is 0 Å². The minimum absolute atomic E-state index is 0.629. The van der Waals surface area contributed by atoms with Crippen LogP contribution in [0.5, 0.6) is 0 Å². The third kappa shape index (κ3) is 6.36. The van der Waals surface area contributed by atoms with Crippen molar-refractivity contribution in [2.24, 2.45) is 0 Å². The smallest absolute Gasteiger partial charge is 0.237 e. The van der Waals surface area contributed by atoms with Crippen molar-refractivity contribution in [1.82, 2.24) is 19.9 Å². The average Bonchev–Trinajstić information content (AvgIpc) is 4.06. The summed E-state index contributed by atoms with van der Waals surface area (Å²) < 4.78 is 23.5. The van der Waals surface area contributed by atoms with Crippen LogP contribution >= 0.6 is 11.3 Å². The molecule has 55 heavy (non-hydrogen) atoms. The Kier molecular flexibility index (Phi) is 7.92. The minimum Gasteiger partial charge on any atom is -0.436 e. The minimum atomic E-state index is 0.629. The van der Waals surface area contributed by atoms with Gasteiger partial charge in [-0.3, -0.25) is 0 Å². The molecule has 5 aromatic heterocycles. The predicted molar refractivity (Wildman–Crippen MR) is 218 cm³/mol. The molecule has 0 amide bonds. The van der Waals surface area contributed by atoms with Crippen molar-refractivity contribution in [3.05, 3.63) is 157 Å². The molecule has 5 heterocycles. The molecule has 0 aliphatic heterocycles. The number of thiophene rings is 1. The molecule has 0 bridgehead atoms. The number of fused-ring (bicyclic) bond motifs is 4. The van der Waals surface area contributed by atoms with Gasteiger partial charge in [0.2, 0.25) is 23.6 Å². The number of benzene rings is 6. The SMILES string of the molecule is Cc1ccc2oc(-c3ccc(-c4nc5cc(C)ccc5o4)s3)nc2c1.c1ccc2oc(-c3ccc(-c4ccc(-c5nc6ccccc6o5)cc4)cc3)nc2c1. The van der Waals surface area contributed by atoms with Crippen molar-refractivity contribution in [1.29, 1.82) is 0 Å². The molecule has 0 spiro atoms. The van der Waals surface area contributed by atoms with Gasteiger partial charge in [0.05, 0.1) is 9.75 Å². The monoisotopic (exact) mass is 734 g/mol. The second-order valence-corrected chi connectivity index (χ2v) is 14.4. The van der Waals surface area contributed by atoms with Crippen LogP contribution < -0.4 is 0 Å². The van der Waals surface area contributed by atoms with E-state index in [9.17, 15) is 0 Å². The molecule has 0 atom stereocenters. The summed E-state index contributed by atoms with van der Waals surface area (Å²) in [6.07, 6.45) is 0. The third-order valence-electron chi connectivity index (χ3n) is 9.30. The molecule has 8 nitrogen and oxygen atoms in total. The summed E-state index contributed by atoms with van der Waals surface area (Å²) in [5.41, 5.74) is 13.2. The first kappa shape index (κ1) is 32.5. The Morgan fingerprint density at radius 2 is 0.709 bits per heavy atom. The van der Waals surface area contributed by atoms with Gasteiger partial charge in [-0.25, -0.2) is 19.9 Å². The van der Waals surface area contributed by atoms with E-state index in [1.54, 1.807) is 11.3 Å². The molecular formula is C46H30N4O4S. The largest absolute Gasteiger partial charge is 0.436 e. The van der Waals surface area contributed by atoms with Crippen LogP contribution in [0.4, 0.5) is 0 Å². The van der Waals surface area contributed by atoms with E-state index in [0.29, 0.717) is 23.6 Å². The molecule has 0 saturated carbocycles. The first-order chi connectivity index (χ1) is 27.0. The van der Waals surface area contributed by atoms with Crippen molar-refractivity contribution >= 4 is 55.7 Å². The fraction of sp³-hybridized carbons (Fsp3) is 0.0435. The Bertz CT molecular complexity index is 2850. The lowest BCUT2D eigenvalue weighted by atomic mass is 10.0. The summed E-state index contributed by atoms with van der Waals surface area (Å²) in [4.78, 5) is 20.2. The number of aromatic nitrogens is 4. The molecule has 0 saturated heterocycles. The molecule has 0 fully saturated rings. The van der Waals surface area contributed by atoms with Gasteiger partial charge in [0, 0.05) is 11.1 Å². The molecule has 0 unspecified atom stereocenters. The summed E-state index contributed by atoms with van der Waals surface area (Å²) in [6.45, 7) is 4.10. The van der Waals surface area contributed by atoms with Gasteiger partial charge >= 0.3 is 0 Å². The highest BCUT2D eigenvalue weighted by molar-refractivity contribution is 7.18. The maximum absolute atomic E-state index is 5.88. The summed E-state index contributed by atoms with van der Waals surface area (Å²) in [5, 5.41) is 0. The number of aryl methyl sites for hydroxylation is 2. The molecule has 264 valence electrons. The first-order valence-electron chi connectivity index (χ1n) is 17.8. The van der Waals surface area contributed by atoms with Crippen molar-refractivity contribution in [3.63, 3.8) is 0 Å². The lowest BCUT2D eigenvalue weighted by Gasteiger charge is -2.04. The molecule has 11 rings (SSSR count). The van der Waals surface area contributed by atoms with E-state index in [1.165, 1.54) is 11.1 Å². The number of hydrogen-bond acceptors (Lipinski definition) is 9. The fourth-order valence-corrected chi connectivity index (χ4v) is 7.31. The molecule has 11 aromatic rings. The van der Waals surface area contributed by atoms with Crippen LogP contribution in [0.25, 0.3) is 100.0 Å². The second kappa shape index (κ2) is 13.4. The van der Waals surface area contributed by atoms with Gasteiger partial charge in [0.15, 0.2) is 22.3 Å². The van der Waals surface area contributed by atoms with Gasteiger partial charge in [-0.2, -0.15) is 0 Å². The normalized spacial score (nSPS) is 11.5. The number of oxazole rings is 4. The van der Waals surface area contributed by atoms with E-state index in [4.69, 9.17) is 17.7 Å². The Morgan fingerprint density at radius 1 is 0.345 bits per heavy atom. The highest BCUT2D eigenvalue weighted by Crippen LogP contribution is 2.37. The standard InChI is InChI=1S/C26H16N2O2.C20H14N2O2S/c1-3-7-23-21(5-1)27-25(29-23)19-13-9-17(10-14-19)18-11-15-20(16-12-18)26-28-22-6-2-4-8-24(22)30-26;1-11-3-5-15-13(9-11)21-19(23-15)17-7-8-18(25-17)20-22-14-10-12(2)4-6-16(14)24-20/h1-16H;3-10H,1-2H3. The van der Waals surface area contributed by atoms with E-state index in [2.05, 4.69) is 44.2 Å². The highest BCUT2D eigenvalue weighted by Gasteiger charge is 2.16. The second-order valence-electron chi connectivity index (χ2n) is 13.3. The van der Waals surface area contributed by atoms with Crippen LogP contribution in [0.3, 0.4) is 0 Å². The van der Waals surface area contributed by atoms with E-state index in [0.717, 1.165) is 76.4 Å². The fourth-order valence-electron chi connectivity index (χ4n) is 6.46. The Hall–Kier alpha value is -7.10. The van der Waals surface area contributed by atoms with E-state index >= 15 is 0 Å². The lowest BCUT2D eigenvalue weighted by molar-refractivity contribution is 0.619. The molecule has 0 aliphatic carbocycles. The van der Waals surface area contributed by atoms with Gasteiger partial charge in [-0.1, -0.05) is 60.7 Å². The summed E-state index contributed by atoms with van der Waals surface area (Å²) in [7, 11) is 0. The lowest BCUT2D eigenvalue weighted by Crippen LogP contribution is -1.82. The molecule has 9 heteroatoms. The van der Waals surface area contributed by atoms with Crippen molar-refractivity contribution < 1.29 is 17.7 Å². The summed E-state index contributed by atoms with van der Waals surface area (Å²) in [6, 6.07) is 48.1. The first-order valence-corrected chi connectivity index (χ1v) is 18.6. The summed E-state index contributed by atoms with van der Waals surface area (Å²) in [5.74, 6) is 2.52. The quantitative estimate of drug-likeness (QED) is 0.172. The van der Waals surface area contributed by atoms with E-state index in [-0.39, 0.29) is 0 Å². The van der Waals surface area contributed by atoms with Gasteiger partial charge in [0.25, 0.3) is 0 Å². The van der Waals surface area contributed by atoms with Crippen LogP contribution in [0, 0.1) is 13.8 Å². The maximum atomic E-state index is 5.88. The van der Waals surface area contributed by atoms with Gasteiger partial charge in [0.1, 0.15) is 22.1 Å². The van der Waals surface area contributed by atoms with Crippen molar-refractivity contribution in [2.45, 2.75) is 13.8 Å². The van der Waals surface area contributed by atoms with Crippen LogP contribution in [-0.4, -0.2) is 19.9 Å².